The van der Waals surface area contributed by atoms with Crippen molar-refractivity contribution in [3.8, 4) is 0 Å². The lowest BCUT2D eigenvalue weighted by atomic mass is 9.83. The zero-order valence-corrected chi connectivity index (χ0v) is 9.60. The van der Waals surface area contributed by atoms with Gasteiger partial charge < -0.3 is 10.2 Å². The largest absolute Gasteiger partial charge is 0.348 e. The van der Waals surface area contributed by atoms with E-state index in [9.17, 15) is 4.79 Å². The molecule has 1 aliphatic rings. The molecule has 0 bridgehead atoms. The number of likely N-dealkylation sites (N-methyl/N-ethyl adjacent to an activating group) is 1. The van der Waals surface area contributed by atoms with Gasteiger partial charge in [0.1, 0.15) is 0 Å². The quantitative estimate of drug-likeness (QED) is 0.743. The highest BCUT2D eigenvalue weighted by Gasteiger charge is 2.26. The molecule has 0 spiro atoms. The van der Waals surface area contributed by atoms with E-state index in [4.69, 9.17) is 0 Å². The molecule has 3 nitrogen and oxygen atoms in total. The van der Waals surface area contributed by atoms with E-state index in [2.05, 4.69) is 12.2 Å². The number of rotatable bonds is 3. The molecular formula is C11H22N2O. The molecule has 1 N–H and O–H groups in total. The van der Waals surface area contributed by atoms with Crippen molar-refractivity contribution >= 4 is 5.91 Å². The van der Waals surface area contributed by atoms with Crippen LogP contribution in [0.4, 0.5) is 0 Å². The molecule has 1 aliphatic carbocycles. The fourth-order valence-corrected chi connectivity index (χ4v) is 1.96. The van der Waals surface area contributed by atoms with Crippen LogP contribution in [0.3, 0.4) is 0 Å². The molecule has 1 saturated carbocycles. The Kier molecular flexibility index (Phi) is 3.93. The fourth-order valence-electron chi connectivity index (χ4n) is 1.96. The molecule has 0 atom stereocenters. The number of amides is 1. The van der Waals surface area contributed by atoms with Gasteiger partial charge in [-0.3, -0.25) is 4.79 Å². The van der Waals surface area contributed by atoms with Crippen molar-refractivity contribution in [1.29, 1.82) is 0 Å². The van der Waals surface area contributed by atoms with Crippen molar-refractivity contribution in [2.75, 3.05) is 20.6 Å². The third-order valence-corrected chi connectivity index (χ3v) is 3.12. The molecule has 1 rings (SSSR count). The Hall–Kier alpha value is -0.570. The summed E-state index contributed by atoms with van der Waals surface area (Å²) in [5.74, 6) is 0.164. The third-order valence-electron chi connectivity index (χ3n) is 3.12. The molecule has 0 aromatic carbocycles. The average molecular weight is 198 g/mol. The van der Waals surface area contributed by atoms with Gasteiger partial charge in [-0.25, -0.2) is 0 Å². The van der Waals surface area contributed by atoms with Gasteiger partial charge in [0.05, 0.1) is 6.54 Å². The van der Waals surface area contributed by atoms with Gasteiger partial charge in [-0.15, -0.1) is 0 Å². The number of nitrogens with one attached hydrogen (secondary N) is 1. The SMILES string of the molecule is CN(C)C(=O)CNC1(C)CCCCC1. The van der Waals surface area contributed by atoms with Crippen LogP contribution in [0.25, 0.3) is 0 Å². The second kappa shape index (κ2) is 4.78. The van der Waals surface area contributed by atoms with E-state index in [1.165, 1.54) is 32.1 Å². The predicted molar refractivity (Wildman–Crippen MR) is 58.2 cm³/mol. The number of carbonyl (C=O) groups excluding carboxylic acids is 1. The van der Waals surface area contributed by atoms with Gasteiger partial charge in [-0.1, -0.05) is 19.3 Å². The number of carbonyl (C=O) groups is 1. The molecule has 0 heterocycles. The number of nitrogens with zero attached hydrogens (tertiary/aromatic N) is 1. The Morgan fingerprint density at radius 3 is 2.36 bits per heavy atom. The summed E-state index contributed by atoms with van der Waals surface area (Å²) in [5.41, 5.74) is 0.198. The molecular weight excluding hydrogens is 176 g/mol. The standard InChI is InChI=1S/C11H22N2O/c1-11(7-5-4-6-8-11)12-9-10(14)13(2)3/h12H,4-9H2,1-3H3. The first-order chi connectivity index (χ1) is 6.53. The summed E-state index contributed by atoms with van der Waals surface area (Å²) in [5, 5.41) is 3.39. The Morgan fingerprint density at radius 2 is 1.86 bits per heavy atom. The first-order valence-corrected chi connectivity index (χ1v) is 5.49. The van der Waals surface area contributed by atoms with Crippen LogP contribution >= 0.6 is 0 Å². The fraction of sp³-hybridized carbons (Fsp3) is 0.909. The van der Waals surface area contributed by atoms with Crippen LogP contribution in [0, 0.1) is 0 Å². The van der Waals surface area contributed by atoms with E-state index in [1.54, 1.807) is 19.0 Å². The van der Waals surface area contributed by atoms with E-state index in [0.717, 1.165) is 0 Å². The lowest BCUT2D eigenvalue weighted by molar-refractivity contribution is -0.128. The second-order valence-electron chi connectivity index (χ2n) is 4.76. The highest BCUT2D eigenvalue weighted by molar-refractivity contribution is 5.77. The Bertz CT molecular complexity index is 195. The molecule has 0 aromatic rings. The molecule has 1 fully saturated rings. The molecule has 82 valence electrons. The summed E-state index contributed by atoms with van der Waals surface area (Å²) in [7, 11) is 3.60. The number of hydrogen-bond donors (Lipinski definition) is 1. The zero-order chi connectivity index (χ0) is 10.6. The van der Waals surface area contributed by atoms with Crippen molar-refractivity contribution < 1.29 is 4.79 Å². The maximum absolute atomic E-state index is 11.4. The summed E-state index contributed by atoms with van der Waals surface area (Å²) in [4.78, 5) is 13.0. The van der Waals surface area contributed by atoms with E-state index >= 15 is 0 Å². The Morgan fingerprint density at radius 1 is 1.29 bits per heavy atom. The third kappa shape index (κ3) is 3.29. The minimum Gasteiger partial charge on any atom is -0.348 e. The minimum absolute atomic E-state index is 0.164. The molecule has 3 heteroatoms. The summed E-state index contributed by atoms with van der Waals surface area (Å²) >= 11 is 0. The first-order valence-electron chi connectivity index (χ1n) is 5.49. The van der Waals surface area contributed by atoms with Crippen molar-refractivity contribution in [2.45, 2.75) is 44.6 Å². The molecule has 0 aromatic heterocycles. The number of hydrogen-bond acceptors (Lipinski definition) is 2. The second-order valence-corrected chi connectivity index (χ2v) is 4.76. The lowest BCUT2D eigenvalue weighted by Crippen LogP contribution is -2.48. The first kappa shape index (κ1) is 11.5. The van der Waals surface area contributed by atoms with Crippen LogP contribution in [-0.4, -0.2) is 37.0 Å². The summed E-state index contributed by atoms with van der Waals surface area (Å²) in [6.45, 7) is 2.71. The molecule has 0 saturated heterocycles. The summed E-state index contributed by atoms with van der Waals surface area (Å²) in [6, 6.07) is 0. The smallest absolute Gasteiger partial charge is 0.236 e. The summed E-state index contributed by atoms with van der Waals surface area (Å²) < 4.78 is 0. The van der Waals surface area contributed by atoms with Crippen LogP contribution in [-0.2, 0) is 4.79 Å². The van der Waals surface area contributed by atoms with Gasteiger partial charge in [0, 0.05) is 19.6 Å². The van der Waals surface area contributed by atoms with Gasteiger partial charge >= 0.3 is 0 Å². The summed E-state index contributed by atoms with van der Waals surface area (Å²) in [6.07, 6.45) is 6.33. The van der Waals surface area contributed by atoms with E-state index in [-0.39, 0.29) is 11.4 Å². The van der Waals surface area contributed by atoms with E-state index in [0.29, 0.717) is 6.54 Å². The molecule has 14 heavy (non-hydrogen) atoms. The normalized spacial score (nSPS) is 20.5. The van der Waals surface area contributed by atoms with Gasteiger partial charge in [0.25, 0.3) is 0 Å². The maximum Gasteiger partial charge on any atom is 0.236 e. The lowest BCUT2D eigenvalue weighted by Gasteiger charge is -2.34. The van der Waals surface area contributed by atoms with Crippen LogP contribution < -0.4 is 5.32 Å². The molecule has 1 amide bonds. The van der Waals surface area contributed by atoms with Crippen molar-refractivity contribution in [3.63, 3.8) is 0 Å². The predicted octanol–water partition coefficient (Wildman–Crippen LogP) is 1.39. The minimum atomic E-state index is 0.164. The topological polar surface area (TPSA) is 32.3 Å². The zero-order valence-electron chi connectivity index (χ0n) is 9.60. The Labute approximate surface area is 86.9 Å². The maximum atomic E-state index is 11.4. The highest BCUT2D eigenvalue weighted by Crippen LogP contribution is 2.27. The van der Waals surface area contributed by atoms with Crippen molar-refractivity contribution in [2.24, 2.45) is 0 Å². The van der Waals surface area contributed by atoms with Crippen LogP contribution in [0.5, 0.6) is 0 Å². The van der Waals surface area contributed by atoms with Crippen LogP contribution in [0.1, 0.15) is 39.0 Å². The van der Waals surface area contributed by atoms with Gasteiger partial charge in [0.2, 0.25) is 5.91 Å². The highest BCUT2D eigenvalue weighted by atomic mass is 16.2. The molecule has 0 aliphatic heterocycles. The van der Waals surface area contributed by atoms with Crippen LogP contribution in [0.2, 0.25) is 0 Å². The van der Waals surface area contributed by atoms with E-state index in [1.807, 2.05) is 0 Å². The van der Waals surface area contributed by atoms with Crippen molar-refractivity contribution in [3.05, 3.63) is 0 Å². The molecule has 0 radical (unpaired) electrons. The Balaban J connectivity index is 2.32. The average Bonchev–Trinajstić information content (AvgIpc) is 2.15. The van der Waals surface area contributed by atoms with Gasteiger partial charge in [0.15, 0.2) is 0 Å². The van der Waals surface area contributed by atoms with Crippen molar-refractivity contribution in [1.82, 2.24) is 10.2 Å². The molecule has 0 unspecified atom stereocenters. The van der Waals surface area contributed by atoms with E-state index < -0.39 is 0 Å². The monoisotopic (exact) mass is 198 g/mol. The van der Waals surface area contributed by atoms with Crippen LogP contribution in [0.15, 0.2) is 0 Å². The van der Waals surface area contributed by atoms with Gasteiger partial charge in [-0.05, 0) is 19.8 Å². The van der Waals surface area contributed by atoms with Gasteiger partial charge in [-0.2, -0.15) is 0 Å².